The fourth-order valence-electron chi connectivity index (χ4n) is 3.68. The second-order valence-electron chi connectivity index (χ2n) is 6.71. The second-order valence-corrected chi connectivity index (χ2v) is 6.71. The molecule has 0 aromatic carbocycles. The quantitative estimate of drug-likeness (QED) is 0.267. The zero-order valence-corrected chi connectivity index (χ0v) is 14.3. The maximum absolute atomic E-state index is 10.3. The number of aliphatic carboxylic acids is 1. The fraction of sp³-hybridized carbons (Fsp3) is 0.750. The lowest BCUT2D eigenvalue weighted by Crippen LogP contribution is -2.07. The van der Waals surface area contributed by atoms with Crippen LogP contribution in [0, 0.1) is 11.8 Å². The van der Waals surface area contributed by atoms with Crippen LogP contribution in [0.4, 0.5) is 0 Å². The molecular formula is C20H34O2. The van der Waals surface area contributed by atoms with Gasteiger partial charge in [-0.15, -0.1) is 0 Å². The molecule has 0 unspecified atom stereocenters. The average Bonchev–Trinajstić information content (AvgIpc) is 2.93. The minimum atomic E-state index is -0.876. The molecule has 0 aromatic rings. The van der Waals surface area contributed by atoms with Crippen molar-refractivity contribution >= 4 is 5.97 Å². The standard InChI is InChI=1S/C20H34O2/c1-2-3-4-5-6-9-13-18-15-12-16-19(18)14-10-7-8-11-17-20(21)22/h7-8,11,17-19H,2-6,9-10,12-16H2,1H3,(H,21,22)/b8-7?,17-11-/t18-,19-/m0/s1. The van der Waals surface area contributed by atoms with Crippen LogP contribution in [0.15, 0.2) is 24.3 Å². The summed E-state index contributed by atoms with van der Waals surface area (Å²) in [5.41, 5.74) is 0. The SMILES string of the molecule is CCCCCCCC[C@H]1CCC[C@@H]1CCC=C/C=C\C(=O)O. The molecule has 2 heteroatoms. The molecule has 1 fully saturated rings. The highest BCUT2D eigenvalue weighted by molar-refractivity contribution is 5.80. The molecule has 126 valence electrons. The fourth-order valence-corrected chi connectivity index (χ4v) is 3.68. The van der Waals surface area contributed by atoms with E-state index in [2.05, 4.69) is 13.0 Å². The van der Waals surface area contributed by atoms with E-state index >= 15 is 0 Å². The molecule has 0 aliphatic heterocycles. The van der Waals surface area contributed by atoms with Gasteiger partial charge in [0.2, 0.25) is 0 Å². The van der Waals surface area contributed by atoms with Gasteiger partial charge in [-0.2, -0.15) is 0 Å². The third-order valence-electron chi connectivity index (χ3n) is 4.94. The summed E-state index contributed by atoms with van der Waals surface area (Å²) < 4.78 is 0. The van der Waals surface area contributed by atoms with Crippen LogP contribution in [0.2, 0.25) is 0 Å². The van der Waals surface area contributed by atoms with Gasteiger partial charge in [0.05, 0.1) is 0 Å². The van der Waals surface area contributed by atoms with Crippen molar-refractivity contribution in [3.63, 3.8) is 0 Å². The van der Waals surface area contributed by atoms with Gasteiger partial charge in [-0.1, -0.05) is 89.4 Å². The molecule has 22 heavy (non-hydrogen) atoms. The maximum atomic E-state index is 10.3. The molecule has 1 aliphatic carbocycles. The molecule has 0 heterocycles. The van der Waals surface area contributed by atoms with Gasteiger partial charge < -0.3 is 5.11 Å². The van der Waals surface area contributed by atoms with Crippen molar-refractivity contribution in [2.75, 3.05) is 0 Å². The smallest absolute Gasteiger partial charge is 0.328 e. The molecule has 0 aromatic heterocycles. The monoisotopic (exact) mass is 306 g/mol. The first-order valence-corrected chi connectivity index (χ1v) is 9.30. The summed E-state index contributed by atoms with van der Waals surface area (Å²) in [4.78, 5) is 10.3. The summed E-state index contributed by atoms with van der Waals surface area (Å²) in [6.45, 7) is 2.27. The molecule has 1 aliphatic rings. The van der Waals surface area contributed by atoms with Gasteiger partial charge in [0.15, 0.2) is 0 Å². The summed E-state index contributed by atoms with van der Waals surface area (Å²) >= 11 is 0. The van der Waals surface area contributed by atoms with Crippen LogP contribution in [0.25, 0.3) is 0 Å². The number of allylic oxidation sites excluding steroid dienone is 3. The van der Waals surface area contributed by atoms with Gasteiger partial charge in [-0.25, -0.2) is 4.79 Å². The average molecular weight is 306 g/mol. The van der Waals surface area contributed by atoms with Crippen molar-refractivity contribution in [3.05, 3.63) is 24.3 Å². The summed E-state index contributed by atoms with van der Waals surface area (Å²) in [5.74, 6) is 0.984. The van der Waals surface area contributed by atoms with E-state index in [-0.39, 0.29) is 0 Å². The van der Waals surface area contributed by atoms with Gasteiger partial charge in [0.1, 0.15) is 0 Å². The van der Waals surface area contributed by atoms with E-state index in [1.807, 2.05) is 6.08 Å². The Labute approximate surface area is 136 Å². The summed E-state index contributed by atoms with van der Waals surface area (Å²) in [6.07, 6.45) is 23.2. The van der Waals surface area contributed by atoms with Crippen LogP contribution in [0.3, 0.4) is 0 Å². The zero-order valence-electron chi connectivity index (χ0n) is 14.3. The largest absolute Gasteiger partial charge is 0.478 e. The Kier molecular flexibility index (Phi) is 10.8. The highest BCUT2D eigenvalue weighted by Crippen LogP contribution is 2.38. The molecular weight excluding hydrogens is 272 g/mol. The van der Waals surface area contributed by atoms with Crippen LogP contribution in [-0.2, 0) is 4.79 Å². The molecule has 1 N–H and O–H groups in total. The highest BCUT2D eigenvalue weighted by atomic mass is 16.4. The lowest BCUT2D eigenvalue weighted by Gasteiger charge is -2.18. The van der Waals surface area contributed by atoms with Gasteiger partial charge >= 0.3 is 5.97 Å². The van der Waals surface area contributed by atoms with Crippen molar-refractivity contribution in [2.24, 2.45) is 11.8 Å². The van der Waals surface area contributed by atoms with E-state index < -0.39 is 5.97 Å². The lowest BCUT2D eigenvalue weighted by atomic mass is 9.87. The minimum Gasteiger partial charge on any atom is -0.478 e. The zero-order chi connectivity index (χ0) is 16.0. The van der Waals surface area contributed by atoms with Crippen molar-refractivity contribution in [1.29, 1.82) is 0 Å². The van der Waals surface area contributed by atoms with E-state index in [0.29, 0.717) is 0 Å². The first kappa shape index (κ1) is 19.0. The molecule has 0 saturated heterocycles. The van der Waals surface area contributed by atoms with E-state index in [0.717, 1.165) is 18.3 Å². The molecule has 0 amide bonds. The molecule has 2 atom stereocenters. The third-order valence-corrected chi connectivity index (χ3v) is 4.94. The number of carboxylic acids is 1. The van der Waals surface area contributed by atoms with Crippen molar-refractivity contribution in [2.45, 2.75) is 84.0 Å². The van der Waals surface area contributed by atoms with Crippen molar-refractivity contribution < 1.29 is 9.90 Å². The van der Waals surface area contributed by atoms with Gasteiger partial charge in [-0.3, -0.25) is 0 Å². The number of carboxylic acid groups (broad SMARTS) is 1. The second kappa shape index (κ2) is 12.5. The van der Waals surface area contributed by atoms with Crippen LogP contribution in [-0.4, -0.2) is 11.1 Å². The first-order chi connectivity index (χ1) is 10.7. The van der Waals surface area contributed by atoms with Crippen LogP contribution < -0.4 is 0 Å². The van der Waals surface area contributed by atoms with E-state index in [1.165, 1.54) is 76.7 Å². The number of hydrogen-bond acceptors (Lipinski definition) is 1. The highest BCUT2D eigenvalue weighted by Gasteiger charge is 2.25. The molecule has 0 spiro atoms. The predicted molar refractivity (Wildman–Crippen MR) is 94.0 cm³/mol. The Balaban J connectivity index is 2.11. The van der Waals surface area contributed by atoms with Crippen LogP contribution in [0.5, 0.6) is 0 Å². The minimum absolute atomic E-state index is 0.876. The molecule has 1 rings (SSSR count). The van der Waals surface area contributed by atoms with Gasteiger partial charge in [-0.05, 0) is 24.7 Å². The molecule has 2 nitrogen and oxygen atoms in total. The lowest BCUT2D eigenvalue weighted by molar-refractivity contribution is -0.131. The van der Waals surface area contributed by atoms with Crippen molar-refractivity contribution in [3.8, 4) is 0 Å². The Morgan fingerprint density at radius 1 is 1.00 bits per heavy atom. The van der Waals surface area contributed by atoms with Crippen LogP contribution in [0.1, 0.15) is 84.0 Å². The predicted octanol–water partition coefficient (Wildman–Crippen LogP) is 6.13. The summed E-state index contributed by atoms with van der Waals surface area (Å²) in [6, 6.07) is 0. The Hall–Kier alpha value is -1.05. The summed E-state index contributed by atoms with van der Waals surface area (Å²) in [7, 11) is 0. The summed E-state index contributed by atoms with van der Waals surface area (Å²) in [5, 5.41) is 8.51. The normalized spacial score (nSPS) is 22.0. The first-order valence-electron chi connectivity index (χ1n) is 9.30. The van der Waals surface area contributed by atoms with Crippen LogP contribution >= 0.6 is 0 Å². The van der Waals surface area contributed by atoms with Crippen molar-refractivity contribution in [1.82, 2.24) is 0 Å². The number of carbonyl (C=O) groups is 1. The third kappa shape index (κ3) is 9.07. The Morgan fingerprint density at radius 2 is 1.68 bits per heavy atom. The van der Waals surface area contributed by atoms with Gasteiger partial charge in [0, 0.05) is 6.08 Å². The number of rotatable bonds is 12. The molecule has 0 bridgehead atoms. The van der Waals surface area contributed by atoms with E-state index in [4.69, 9.17) is 5.11 Å². The maximum Gasteiger partial charge on any atom is 0.328 e. The Morgan fingerprint density at radius 3 is 2.41 bits per heavy atom. The number of hydrogen-bond donors (Lipinski definition) is 1. The van der Waals surface area contributed by atoms with Gasteiger partial charge in [0.25, 0.3) is 0 Å². The Bertz CT molecular complexity index is 344. The molecule has 1 saturated carbocycles. The van der Waals surface area contributed by atoms with E-state index in [1.54, 1.807) is 6.08 Å². The van der Waals surface area contributed by atoms with E-state index in [9.17, 15) is 4.79 Å². The number of unbranched alkanes of at least 4 members (excludes halogenated alkanes) is 5. The topological polar surface area (TPSA) is 37.3 Å². The molecule has 0 radical (unpaired) electrons.